The largest absolute Gasteiger partial charge is 0.465 e. The smallest absolute Gasteiger partial charge is 0.341 e. The van der Waals surface area contributed by atoms with Crippen LogP contribution in [0.25, 0.3) is 20.2 Å². The molecule has 0 aliphatic rings. The highest BCUT2D eigenvalue weighted by Crippen LogP contribution is 2.35. The van der Waals surface area contributed by atoms with Gasteiger partial charge in [0.05, 0.1) is 44.5 Å². The van der Waals surface area contributed by atoms with Crippen LogP contribution in [0.2, 0.25) is 0 Å². The Balaban J connectivity index is 1.93. The zero-order valence-electron chi connectivity index (χ0n) is 21.9. The van der Waals surface area contributed by atoms with Crippen LogP contribution in [0.15, 0.2) is 18.2 Å². The monoisotopic (exact) mass is 516 g/mol. The van der Waals surface area contributed by atoms with Crippen molar-refractivity contribution >= 4 is 73.1 Å². The van der Waals surface area contributed by atoms with Crippen molar-refractivity contribution in [3.63, 3.8) is 0 Å². The maximum atomic E-state index is 12.6. The van der Waals surface area contributed by atoms with Crippen LogP contribution in [-0.4, -0.2) is 67.0 Å². The highest BCUT2D eigenvalue weighted by Gasteiger charge is 2.37. The molecule has 10 heteroatoms. The van der Waals surface area contributed by atoms with E-state index in [1.54, 1.807) is 57.9 Å². The molecular weight excluding hydrogens is 482 g/mol. The number of ether oxygens (including phenoxy) is 2. The molecule has 3 aromatic rings. The standard InChI is InChI=1S/C25H34B2O6S2/c1-22(2,29)24(5,6)32-13-26-17-12-15-16(21(28)31-9)10-14-11-18(35-19(14)20(15)34-17)27-33-25(7,8)23(3,4)30/h10-12,29-30H,13H2,1-9H3. The molecule has 0 bridgehead atoms. The zero-order chi connectivity index (χ0) is 26.4. The van der Waals surface area contributed by atoms with Crippen LogP contribution in [0.1, 0.15) is 65.7 Å². The lowest BCUT2D eigenvalue weighted by atomic mass is 9.77. The van der Waals surface area contributed by atoms with Crippen LogP contribution >= 0.6 is 22.7 Å². The van der Waals surface area contributed by atoms with Gasteiger partial charge in [0.15, 0.2) is 7.28 Å². The van der Waals surface area contributed by atoms with E-state index in [1.807, 2.05) is 53.2 Å². The molecule has 6 nitrogen and oxygen atoms in total. The molecular formula is C25H34B2O6S2. The molecule has 2 aromatic heterocycles. The highest BCUT2D eigenvalue weighted by molar-refractivity contribution is 7.34. The predicted molar refractivity (Wildman–Crippen MR) is 147 cm³/mol. The Morgan fingerprint density at radius 2 is 1.49 bits per heavy atom. The average molecular weight is 516 g/mol. The number of benzene rings is 1. The normalized spacial score (nSPS) is 13.5. The van der Waals surface area contributed by atoms with Crippen LogP contribution < -0.4 is 9.55 Å². The number of esters is 1. The summed E-state index contributed by atoms with van der Waals surface area (Å²) in [6, 6.07) is 5.80. The molecule has 0 spiro atoms. The van der Waals surface area contributed by atoms with Crippen LogP contribution in [-0.2, 0) is 14.1 Å². The predicted octanol–water partition coefficient (Wildman–Crippen LogP) is 3.57. The van der Waals surface area contributed by atoms with Crippen molar-refractivity contribution in [2.24, 2.45) is 0 Å². The Kier molecular flexibility index (Phi) is 7.88. The van der Waals surface area contributed by atoms with Gasteiger partial charge in [0.2, 0.25) is 0 Å². The molecule has 0 aliphatic heterocycles. The van der Waals surface area contributed by atoms with E-state index in [4.69, 9.17) is 14.1 Å². The van der Waals surface area contributed by atoms with E-state index in [1.165, 1.54) is 7.11 Å². The van der Waals surface area contributed by atoms with E-state index in [2.05, 4.69) is 0 Å². The fraction of sp³-hybridized carbons (Fsp3) is 0.560. The third-order valence-corrected chi connectivity index (χ3v) is 9.25. The van der Waals surface area contributed by atoms with Gasteiger partial charge in [0.25, 0.3) is 0 Å². The number of thiophene rings is 2. The third-order valence-electron chi connectivity index (χ3n) is 6.88. The molecule has 0 saturated carbocycles. The average Bonchev–Trinajstić information content (AvgIpc) is 3.32. The molecule has 0 amide bonds. The molecule has 0 unspecified atom stereocenters. The number of carbonyl (C=O) groups is 1. The number of rotatable bonds is 10. The first-order chi connectivity index (χ1) is 16.0. The topological polar surface area (TPSA) is 85.2 Å². The number of aliphatic hydroxyl groups is 2. The number of methoxy groups -OCH3 is 1. The number of hydrogen-bond donors (Lipinski definition) is 2. The van der Waals surface area contributed by atoms with E-state index >= 15 is 0 Å². The molecule has 0 aliphatic carbocycles. The lowest BCUT2D eigenvalue weighted by molar-refractivity contribution is -0.135. The second-order valence-electron chi connectivity index (χ2n) is 10.8. The number of hydrogen-bond acceptors (Lipinski definition) is 8. The first-order valence-electron chi connectivity index (χ1n) is 11.5. The summed E-state index contributed by atoms with van der Waals surface area (Å²) in [5.41, 5.74) is -3.01. The van der Waals surface area contributed by atoms with Crippen molar-refractivity contribution in [3.8, 4) is 0 Å². The first-order valence-corrected chi connectivity index (χ1v) is 13.1. The van der Waals surface area contributed by atoms with Gasteiger partial charge < -0.3 is 24.3 Å². The lowest BCUT2D eigenvalue weighted by Gasteiger charge is -2.37. The summed E-state index contributed by atoms with van der Waals surface area (Å²) < 4.78 is 20.8. The van der Waals surface area contributed by atoms with E-state index < -0.39 is 28.4 Å². The van der Waals surface area contributed by atoms with Gasteiger partial charge in [0.1, 0.15) is 0 Å². The van der Waals surface area contributed by atoms with Crippen molar-refractivity contribution in [2.45, 2.75) is 77.8 Å². The Labute approximate surface area is 217 Å². The van der Waals surface area contributed by atoms with Gasteiger partial charge in [-0.25, -0.2) is 4.79 Å². The minimum absolute atomic E-state index is 0.323. The molecule has 0 atom stereocenters. The molecule has 2 heterocycles. The molecule has 1 aromatic carbocycles. The molecule has 35 heavy (non-hydrogen) atoms. The highest BCUT2D eigenvalue weighted by atomic mass is 32.1. The molecule has 0 saturated heterocycles. The van der Waals surface area contributed by atoms with E-state index in [-0.39, 0.29) is 0 Å². The minimum Gasteiger partial charge on any atom is -0.465 e. The molecule has 2 radical (unpaired) electrons. The van der Waals surface area contributed by atoms with Crippen molar-refractivity contribution in [1.82, 2.24) is 0 Å². The van der Waals surface area contributed by atoms with E-state index in [9.17, 15) is 15.0 Å². The van der Waals surface area contributed by atoms with Crippen LogP contribution in [0.5, 0.6) is 0 Å². The summed E-state index contributed by atoms with van der Waals surface area (Å²) in [4.78, 5) is 12.6. The summed E-state index contributed by atoms with van der Waals surface area (Å²) in [6.45, 7) is 14.6. The second-order valence-corrected chi connectivity index (χ2v) is 12.9. The number of carbonyl (C=O) groups excluding carboxylic acids is 1. The third kappa shape index (κ3) is 5.95. The first kappa shape index (κ1) is 28.2. The lowest BCUT2D eigenvalue weighted by Crippen LogP contribution is -2.49. The molecule has 0 fully saturated rings. The maximum absolute atomic E-state index is 12.6. The Hall–Kier alpha value is -1.42. The van der Waals surface area contributed by atoms with Crippen LogP contribution in [0.4, 0.5) is 0 Å². The fourth-order valence-electron chi connectivity index (χ4n) is 3.02. The van der Waals surface area contributed by atoms with Gasteiger partial charge in [-0.05, 0) is 83.8 Å². The van der Waals surface area contributed by atoms with Gasteiger partial charge >= 0.3 is 13.5 Å². The van der Waals surface area contributed by atoms with Crippen LogP contribution in [0, 0.1) is 0 Å². The SMILES string of the molecule is COC(=O)c1cc2cc([B]OC(C)(C)C(C)(C)O)sc2c2sc([B]COC(C)(C)C(C)(C)O)cc12. The Bertz CT molecular complexity index is 1210. The summed E-state index contributed by atoms with van der Waals surface area (Å²) in [7, 11) is 5.00. The summed E-state index contributed by atoms with van der Waals surface area (Å²) >= 11 is 3.15. The second kappa shape index (κ2) is 9.80. The Morgan fingerprint density at radius 3 is 2.06 bits per heavy atom. The van der Waals surface area contributed by atoms with Crippen LogP contribution in [0.3, 0.4) is 0 Å². The summed E-state index contributed by atoms with van der Waals surface area (Å²) in [6.07, 6.45) is 0. The van der Waals surface area contributed by atoms with E-state index in [0.717, 1.165) is 29.7 Å². The maximum Gasteiger partial charge on any atom is 0.341 e. The van der Waals surface area contributed by atoms with Gasteiger partial charge in [-0.3, -0.25) is 0 Å². The van der Waals surface area contributed by atoms with Gasteiger partial charge in [0, 0.05) is 16.7 Å². The molecule has 188 valence electrons. The molecule has 3 rings (SSSR count). The minimum atomic E-state index is -1.02. The summed E-state index contributed by atoms with van der Waals surface area (Å²) in [5, 5.41) is 22.5. The number of fused-ring (bicyclic) bond motifs is 3. The Morgan fingerprint density at radius 1 is 0.886 bits per heavy atom. The van der Waals surface area contributed by atoms with Crippen molar-refractivity contribution < 1.29 is 29.1 Å². The van der Waals surface area contributed by atoms with Gasteiger partial charge in [-0.1, -0.05) is 0 Å². The van der Waals surface area contributed by atoms with Crippen molar-refractivity contribution in [3.05, 3.63) is 23.8 Å². The van der Waals surface area contributed by atoms with Crippen molar-refractivity contribution in [2.75, 3.05) is 13.6 Å². The van der Waals surface area contributed by atoms with Gasteiger partial charge in [-0.2, -0.15) is 0 Å². The van der Waals surface area contributed by atoms with Crippen molar-refractivity contribution in [1.29, 1.82) is 0 Å². The fourth-order valence-corrected chi connectivity index (χ4v) is 5.28. The van der Waals surface area contributed by atoms with Gasteiger partial charge in [-0.15, -0.1) is 22.7 Å². The molecule has 2 N–H and O–H groups in total. The zero-order valence-corrected chi connectivity index (χ0v) is 23.6. The quantitative estimate of drug-likeness (QED) is 0.317. The summed E-state index contributed by atoms with van der Waals surface area (Å²) in [5.74, 6) is -0.392. The van der Waals surface area contributed by atoms with E-state index in [0.29, 0.717) is 12.1 Å².